The summed E-state index contributed by atoms with van der Waals surface area (Å²) in [5.41, 5.74) is 2.73. The van der Waals surface area contributed by atoms with E-state index in [1.807, 2.05) is 6.07 Å². The van der Waals surface area contributed by atoms with Gasteiger partial charge in [-0.2, -0.15) is 0 Å². The van der Waals surface area contributed by atoms with Gasteiger partial charge in [0.1, 0.15) is 18.8 Å². The van der Waals surface area contributed by atoms with Crippen LogP contribution in [-0.4, -0.2) is 22.6 Å². The van der Waals surface area contributed by atoms with E-state index in [0.717, 1.165) is 31.7 Å². The highest BCUT2D eigenvalue weighted by Gasteiger charge is 2.24. The lowest BCUT2D eigenvalue weighted by molar-refractivity contribution is -0.929. The Labute approximate surface area is 149 Å². The first-order valence-electron chi connectivity index (χ1n) is 8.28. The monoisotopic (exact) mass is 355 g/mol. The van der Waals surface area contributed by atoms with Gasteiger partial charge in [0.15, 0.2) is 10.8 Å². The molecule has 2 N–H and O–H groups in total. The summed E-state index contributed by atoms with van der Waals surface area (Å²) >= 11 is 1.56. The Morgan fingerprint density at radius 1 is 1.36 bits per heavy atom. The first-order chi connectivity index (χ1) is 12.2. The van der Waals surface area contributed by atoms with Crippen LogP contribution in [0.1, 0.15) is 32.4 Å². The fourth-order valence-corrected chi connectivity index (χ4v) is 4.13. The molecule has 25 heavy (non-hydrogen) atoms. The molecule has 1 unspecified atom stereocenters. The second-order valence-electron chi connectivity index (χ2n) is 6.25. The molecule has 4 rings (SSSR count). The van der Waals surface area contributed by atoms with Gasteiger partial charge in [-0.3, -0.25) is 10.1 Å². The molecule has 128 valence electrons. The molecule has 7 heteroatoms. The van der Waals surface area contributed by atoms with Gasteiger partial charge < -0.3 is 9.42 Å². The van der Waals surface area contributed by atoms with Gasteiger partial charge in [-0.15, -0.1) is 0 Å². The lowest BCUT2D eigenvalue weighted by Gasteiger charge is -2.22. The van der Waals surface area contributed by atoms with Crippen LogP contribution in [-0.2, 0) is 19.5 Å². The van der Waals surface area contributed by atoms with Crippen molar-refractivity contribution in [2.24, 2.45) is 0 Å². The summed E-state index contributed by atoms with van der Waals surface area (Å²) in [6, 6.07) is 12.2. The molecule has 0 radical (unpaired) electrons. The van der Waals surface area contributed by atoms with E-state index in [4.69, 9.17) is 4.52 Å². The van der Waals surface area contributed by atoms with Crippen LogP contribution in [0.5, 0.6) is 0 Å². The fourth-order valence-electron chi connectivity index (χ4n) is 3.05. The Morgan fingerprint density at radius 2 is 2.20 bits per heavy atom. The normalized spacial score (nSPS) is 16.4. The number of carbonyl (C=O) groups excluding carboxylic acids is 1. The predicted octanol–water partition coefficient (Wildman–Crippen LogP) is 1.83. The highest BCUT2D eigenvalue weighted by Crippen LogP contribution is 2.24. The van der Waals surface area contributed by atoms with Crippen LogP contribution in [0.2, 0.25) is 0 Å². The van der Waals surface area contributed by atoms with Gasteiger partial charge in [0.2, 0.25) is 0 Å². The fraction of sp³-hybridized carbons (Fsp3) is 0.278. The van der Waals surface area contributed by atoms with E-state index in [1.54, 1.807) is 24.3 Å². The molecule has 1 aromatic carbocycles. The second-order valence-corrected chi connectivity index (χ2v) is 7.34. The molecule has 6 nitrogen and oxygen atoms in total. The number of fused-ring (bicyclic) bond motifs is 1. The van der Waals surface area contributed by atoms with Gasteiger partial charge in [0.05, 0.1) is 17.1 Å². The minimum Gasteiger partial charge on any atom is -0.361 e. The third kappa shape index (κ3) is 3.62. The molecule has 0 fully saturated rings. The molecular weight excluding hydrogens is 336 g/mol. The van der Waals surface area contributed by atoms with Crippen LogP contribution in [0.3, 0.4) is 0 Å². The van der Waals surface area contributed by atoms with E-state index < -0.39 is 0 Å². The van der Waals surface area contributed by atoms with E-state index in [0.29, 0.717) is 10.9 Å². The van der Waals surface area contributed by atoms with E-state index in [1.165, 1.54) is 15.3 Å². The van der Waals surface area contributed by atoms with Crippen molar-refractivity contribution in [3.63, 3.8) is 0 Å². The maximum Gasteiger partial charge on any atom is 0.279 e. The van der Waals surface area contributed by atoms with Crippen LogP contribution in [0, 0.1) is 6.92 Å². The topological polar surface area (TPSA) is 72.5 Å². The van der Waals surface area contributed by atoms with Gasteiger partial charge in [-0.25, -0.2) is 4.98 Å². The molecule has 3 aromatic rings. The van der Waals surface area contributed by atoms with Gasteiger partial charge in [0.25, 0.3) is 5.91 Å². The Kier molecular flexibility index (Phi) is 4.33. The number of hydrogen-bond donors (Lipinski definition) is 2. The van der Waals surface area contributed by atoms with Crippen molar-refractivity contribution in [1.82, 2.24) is 10.1 Å². The zero-order chi connectivity index (χ0) is 17.2. The van der Waals surface area contributed by atoms with Crippen LogP contribution in [0.15, 0.2) is 40.9 Å². The maximum atomic E-state index is 12.2. The van der Waals surface area contributed by atoms with Crippen molar-refractivity contribution in [3.8, 4) is 0 Å². The summed E-state index contributed by atoms with van der Waals surface area (Å²) < 4.78 is 4.94. The number of rotatable bonds is 4. The van der Waals surface area contributed by atoms with Crippen LogP contribution >= 0.6 is 11.3 Å². The van der Waals surface area contributed by atoms with Crippen LogP contribution < -0.4 is 10.2 Å². The molecular formula is C18H19N4O2S+. The zero-order valence-electron chi connectivity index (χ0n) is 13.9. The highest BCUT2D eigenvalue weighted by molar-refractivity contribution is 7.15. The van der Waals surface area contributed by atoms with Gasteiger partial charge in [-0.05, 0) is 6.92 Å². The average molecular weight is 355 g/mol. The SMILES string of the molecule is Cc1cc(C(=O)Nc2nc3c(s2)C[NH+](Cc2ccccc2)CC3)no1. The number of nitrogens with one attached hydrogen (secondary N) is 2. The summed E-state index contributed by atoms with van der Waals surface area (Å²) in [7, 11) is 0. The third-order valence-electron chi connectivity index (χ3n) is 4.28. The van der Waals surface area contributed by atoms with E-state index in [-0.39, 0.29) is 11.6 Å². The Balaban J connectivity index is 1.43. The Hall–Kier alpha value is -2.51. The lowest BCUT2D eigenvalue weighted by Crippen LogP contribution is -3.10. The van der Waals surface area contributed by atoms with E-state index >= 15 is 0 Å². The molecule has 0 saturated heterocycles. The summed E-state index contributed by atoms with van der Waals surface area (Å²) in [5, 5.41) is 7.20. The van der Waals surface area contributed by atoms with E-state index in [9.17, 15) is 4.79 Å². The molecule has 1 amide bonds. The number of aryl methyl sites for hydroxylation is 1. The number of thiazole rings is 1. The molecule has 3 heterocycles. The number of aromatic nitrogens is 2. The summed E-state index contributed by atoms with van der Waals surface area (Å²) in [5.74, 6) is 0.333. The number of quaternary nitrogens is 1. The largest absolute Gasteiger partial charge is 0.361 e. The molecule has 2 aromatic heterocycles. The molecule has 0 saturated carbocycles. The summed E-state index contributed by atoms with van der Waals surface area (Å²) in [6.07, 6.45) is 0.937. The van der Waals surface area contributed by atoms with Crippen molar-refractivity contribution < 1.29 is 14.2 Å². The van der Waals surface area contributed by atoms with Crippen molar-refractivity contribution in [2.45, 2.75) is 26.4 Å². The predicted molar refractivity (Wildman–Crippen MR) is 94.7 cm³/mol. The molecule has 1 aliphatic heterocycles. The van der Waals surface area contributed by atoms with Crippen molar-refractivity contribution in [2.75, 3.05) is 11.9 Å². The number of hydrogen-bond acceptors (Lipinski definition) is 5. The second kappa shape index (κ2) is 6.78. The Bertz CT molecular complexity index is 888. The zero-order valence-corrected chi connectivity index (χ0v) is 14.7. The minimum atomic E-state index is -0.281. The number of benzene rings is 1. The first kappa shape index (κ1) is 16.0. The maximum absolute atomic E-state index is 12.2. The van der Waals surface area contributed by atoms with Crippen molar-refractivity contribution in [1.29, 1.82) is 0 Å². The van der Waals surface area contributed by atoms with Crippen LogP contribution in [0.4, 0.5) is 5.13 Å². The van der Waals surface area contributed by atoms with Crippen molar-refractivity contribution >= 4 is 22.4 Å². The molecule has 1 atom stereocenters. The summed E-state index contributed by atoms with van der Waals surface area (Å²) in [6.45, 7) is 4.77. The van der Waals surface area contributed by atoms with Crippen molar-refractivity contribution in [3.05, 3.63) is 64.0 Å². The molecule has 0 spiro atoms. The lowest BCUT2D eigenvalue weighted by atomic mass is 10.1. The first-order valence-corrected chi connectivity index (χ1v) is 9.10. The summed E-state index contributed by atoms with van der Waals surface area (Å²) in [4.78, 5) is 19.5. The quantitative estimate of drug-likeness (QED) is 0.749. The van der Waals surface area contributed by atoms with Gasteiger partial charge in [0, 0.05) is 18.1 Å². The van der Waals surface area contributed by atoms with E-state index in [2.05, 4.69) is 39.7 Å². The standard InChI is InChI=1S/C18H18N4O2S/c1-12-9-15(21-24-12)17(23)20-18-19-14-7-8-22(11-16(14)25-18)10-13-5-3-2-4-6-13/h2-6,9H,7-8,10-11H2,1H3,(H,19,20,23)/p+1. The highest BCUT2D eigenvalue weighted by atomic mass is 32.1. The Morgan fingerprint density at radius 3 is 2.96 bits per heavy atom. The van der Waals surface area contributed by atoms with Gasteiger partial charge in [-0.1, -0.05) is 46.8 Å². The number of carbonyl (C=O) groups is 1. The number of amides is 1. The minimum absolute atomic E-state index is 0.280. The average Bonchev–Trinajstić information content (AvgIpc) is 3.21. The molecule has 0 bridgehead atoms. The molecule has 1 aliphatic rings. The number of anilines is 1. The smallest absolute Gasteiger partial charge is 0.279 e. The molecule has 0 aliphatic carbocycles. The third-order valence-corrected chi connectivity index (χ3v) is 5.30. The number of nitrogens with zero attached hydrogens (tertiary/aromatic N) is 2. The van der Waals surface area contributed by atoms with Gasteiger partial charge >= 0.3 is 0 Å². The van der Waals surface area contributed by atoms with Crippen LogP contribution in [0.25, 0.3) is 0 Å².